The van der Waals surface area contributed by atoms with Gasteiger partial charge in [0.1, 0.15) is 18.9 Å². The van der Waals surface area contributed by atoms with Crippen molar-refractivity contribution in [3.05, 3.63) is 46.3 Å². The summed E-state index contributed by atoms with van der Waals surface area (Å²) in [7, 11) is 0. The molecule has 0 aliphatic carbocycles. The molecule has 0 radical (unpaired) electrons. The summed E-state index contributed by atoms with van der Waals surface area (Å²) >= 11 is 0. The zero-order valence-electron chi connectivity index (χ0n) is 11.4. The summed E-state index contributed by atoms with van der Waals surface area (Å²) in [6, 6.07) is 5.40. The Morgan fingerprint density at radius 3 is 3.00 bits per heavy atom. The smallest absolute Gasteiger partial charge is 0.307 e. The van der Waals surface area contributed by atoms with Crippen LogP contribution < -0.4 is 14.8 Å². The van der Waals surface area contributed by atoms with Gasteiger partial charge in [-0.15, -0.1) is 0 Å². The predicted octanol–water partition coefficient (Wildman–Crippen LogP) is 0.836. The van der Waals surface area contributed by atoms with E-state index in [1.54, 1.807) is 12.1 Å². The zero-order valence-corrected chi connectivity index (χ0v) is 11.4. The molecule has 2 heterocycles. The largest absolute Gasteiger partial charge is 0.454 e. The van der Waals surface area contributed by atoms with Crippen LogP contribution >= 0.6 is 0 Å². The van der Waals surface area contributed by atoms with Gasteiger partial charge >= 0.3 is 5.69 Å². The van der Waals surface area contributed by atoms with Gasteiger partial charge in [0.15, 0.2) is 11.5 Å². The minimum Gasteiger partial charge on any atom is -0.454 e. The van der Waals surface area contributed by atoms with Crippen molar-refractivity contribution >= 4 is 11.6 Å². The number of benzene rings is 1. The fraction of sp³-hybridized carbons (Fsp3) is 0.231. The molecule has 9 nitrogen and oxygen atoms in total. The lowest BCUT2D eigenvalue weighted by molar-refractivity contribution is -0.385. The molecule has 1 aliphatic heterocycles. The van der Waals surface area contributed by atoms with Crippen LogP contribution in [0.3, 0.4) is 0 Å². The third kappa shape index (κ3) is 2.97. The number of rotatable bonds is 5. The Morgan fingerprint density at radius 2 is 2.23 bits per heavy atom. The van der Waals surface area contributed by atoms with E-state index in [0.717, 1.165) is 11.8 Å². The standard InChI is InChI=1S/C13H12N4O5/c18-13(7-16-6-10(5-15-16)17(19)20)14-4-9-1-2-11-12(3-9)22-8-21-11/h1-3,5-6H,4,7-8H2,(H,14,18). The van der Waals surface area contributed by atoms with Crippen molar-refractivity contribution in [1.29, 1.82) is 0 Å². The molecule has 114 valence electrons. The number of ether oxygens (including phenoxy) is 2. The number of hydrogen-bond acceptors (Lipinski definition) is 6. The maximum absolute atomic E-state index is 11.8. The molecule has 0 saturated heterocycles. The van der Waals surface area contributed by atoms with Gasteiger partial charge in [-0.25, -0.2) is 0 Å². The van der Waals surface area contributed by atoms with Crippen molar-refractivity contribution in [1.82, 2.24) is 15.1 Å². The Bertz CT molecular complexity index is 727. The second kappa shape index (κ2) is 5.72. The summed E-state index contributed by atoms with van der Waals surface area (Å²) in [6.45, 7) is 0.431. The van der Waals surface area contributed by atoms with Crippen molar-refractivity contribution in [2.45, 2.75) is 13.1 Å². The summed E-state index contributed by atoms with van der Waals surface area (Å²) in [6.07, 6.45) is 2.31. The summed E-state index contributed by atoms with van der Waals surface area (Å²) in [5.74, 6) is 1.03. The Morgan fingerprint density at radius 1 is 1.41 bits per heavy atom. The summed E-state index contributed by atoms with van der Waals surface area (Å²) in [5, 5.41) is 17.0. The van der Waals surface area contributed by atoms with Crippen LogP contribution in [0.2, 0.25) is 0 Å². The first kappa shape index (κ1) is 13.9. The van der Waals surface area contributed by atoms with Gasteiger partial charge in [0.2, 0.25) is 12.7 Å². The first-order chi connectivity index (χ1) is 10.6. The number of aromatic nitrogens is 2. The number of carbonyl (C=O) groups is 1. The third-order valence-electron chi connectivity index (χ3n) is 3.06. The quantitative estimate of drug-likeness (QED) is 0.647. The molecule has 0 saturated carbocycles. The monoisotopic (exact) mass is 304 g/mol. The van der Waals surface area contributed by atoms with E-state index >= 15 is 0 Å². The average molecular weight is 304 g/mol. The van der Waals surface area contributed by atoms with Crippen LogP contribution in [0.15, 0.2) is 30.6 Å². The van der Waals surface area contributed by atoms with Crippen LogP contribution in [0.4, 0.5) is 5.69 Å². The molecular formula is C13H12N4O5. The van der Waals surface area contributed by atoms with Crippen LogP contribution in [0.5, 0.6) is 11.5 Å². The lowest BCUT2D eigenvalue weighted by Crippen LogP contribution is -2.27. The topological polar surface area (TPSA) is 109 Å². The van der Waals surface area contributed by atoms with Gasteiger partial charge in [0.05, 0.1) is 4.92 Å². The van der Waals surface area contributed by atoms with Gasteiger partial charge < -0.3 is 14.8 Å². The molecule has 3 rings (SSSR count). The highest BCUT2D eigenvalue weighted by atomic mass is 16.7. The van der Waals surface area contributed by atoms with Gasteiger partial charge in [0.25, 0.3) is 0 Å². The van der Waals surface area contributed by atoms with Crippen LogP contribution in [0.25, 0.3) is 0 Å². The molecular weight excluding hydrogens is 292 g/mol. The lowest BCUT2D eigenvalue weighted by Gasteiger charge is -2.06. The third-order valence-corrected chi connectivity index (χ3v) is 3.06. The van der Waals surface area contributed by atoms with E-state index in [2.05, 4.69) is 10.4 Å². The fourth-order valence-corrected chi connectivity index (χ4v) is 1.99. The minimum absolute atomic E-state index is 0.0849. The highest BCUT2D eigenvalue weighted by Crippen LogP contribution is 2.32. The van der Waals surface area contributed by atoms with Gasteiger partial charge in [-0.1, -0.05) is 6.07 Å². The highest BCUT2D eigenvalue weighted by molar-refractivity contribution is 5.75. The first-order valence-corrected chi connectivity index (χ1v) is 6.44. The van der Waals surface area contributed by atoms with Gasteiger partial charge in [-0.05, 0) is 17.7 Å². The van der Waals surface area contributed by atoms with Crippen molar-refractivity contribution in [3.8, 4) is 11.5 Å². The Kier molecular flexibility index (Phi) is 3.60. The second-order valence-corrected chi connectivity index (χ2v) is 4.62. The van der Waals surface area contributed by atoms with Crippen molar-refractivity contribution in [2.24, 2.45) is 0 Å². The average Bonchev–Trinajstić information content (AvgIpc) is 3.13. The van der Waals surface area contributed by atoms with Crippen molar-refractivity contribution in [2.75, 3.05) is 6.79 Å². The first-order valence-electron chi connectivity index (χ1n) is 6.44. The molecule has 1 aromatic carbocycles. The van der Waals surface area contributed by atoms with E-state index in [-0.39, 0.29) is 24.9 Å². The highest BCUT2D eigenvalue weighted by Gasteiger charge is 2.14. The van der Waals surface area contributed by atoms with Gasteiger partial charge in [-0.3, -0.25) is 19.6 Å². The number of hydrogen-bond donors (Lipinski definition) is 1. The number of nitrogens with zero attached hydrogens (tertiary/aromatic N) is 3. The van der Waals surface area contributed by atoms with Crippen LogP contribution in [-0.4, -0.2) is 27.4 Å². The molecule has 1 amide bonds. The van der Waals surface area contributed by atoms with Crippen molar-refractivity contribution < 1.29 is 19.2 Å². The zero-order chi connectivity index (χ0) is 15.5. The Hall–Kier alpha value is -3.10. The lowest BCUT2D eigenvalue weighted by atomic mass is 10.2. The van der Waals surface area contributed by atoms with Crippen LogP contribution in [0, 0.1) is 10.1 Å². The molecule has 22 heavy (non-hydrogen) atoms. The molecule has 9 heteroatoms. The predicted molar refractivity (Wildman–Crippen MR) is 73.3 cm³/mol. The molecule has 0 atom stereocenters. The molecule has 1 N–H and O–H groups in total. The minimum atomic E-state index is -0.561. The summed E-state index contributed by atoms with van der Waals surface area (Å²) in [4.78, 5) is 21.8. The maximum atomic E-state index is 11.8. The van der Waals surface area contributed by atoms with Gasteiger partial charge in [0, 0.05) is 6.54 Å². The SMILES string of the molecule is O=C(Cn1cc([N+](=O)[O-])cn1)NCc1ccc2c(c1)OCO2. The Labute approximate surface area is 124 Å². The normalized spacial score (nSPS) is 12.2. The van der Waals surface area contributed by atoms with Crippen LogP contribution in [0.1, 0.15) is 5.56 Å². The Balaban J connectivity index is 1.54. The number of fused-ring (bicyclic) bond motifs is 1. The number of amides is 1. The number of carbonyl (C=O) groups excluding carboxylic acids is 1. The van der Waals surface area contributed by atoms with E-state index in [1.807, 2.05) is 6.07 Å². The van der Waals surface area contributed by atoms with Crippen LogP contribution in [-0.2, 0) is 17.9 Å². The van der Waals surface area contributed by atoms with E-state index < -0.39 is 4.92 Å². The summed E-state index contributed by atoms with van der Waals surface area (Å²) in [5.41, 5.74) is 0.715. The van der Waals surface area contributed by atoms with E-state index in [9.17, 15) is 14.9 Å². The maximum Gasteiger partial charge on any atom is 0.307 e. The van der Waals surface area contributed by atoms with Crippen molar-refractivity contribution in [3.63, 3.8) is 0 Å². The molecule has 0 bridgehead atoms. The molecule has 0 unspecified atom stereocenters. The molecule has 1 aromatic heterocycles. The number of nitrogens with one attached hydrogen (secondary N) is 1. The van der Waals surface area contributed by atoms with E-state index in [1.165, 1.54) is 10.9 Å². The van der Waals surface area contributed by atoms with E-state index in [4.69, 9.17) is 9.47 Å². The fourth-order valence-electron chi connectivity index (χ4n) is 1.99. The molecule has 0 spiro atoms. The second-order valence-electron chi connectivity index (χ2n) is 4.62. The van der Waals surface area contributed by atoms with Gasteiger partial charge in [-0.2, -0.15) is 5.10 Å². The van der Waals surface area contributed by atoms with E-state index in [0.29, 0.717) is 18.0 Å². The molecule has 2 aromatic rings. The molecule has 0 fully saturated rings. The molecule has 1 aliphatic rings. The number of nitro groups is 1. The summed E-state index contributed by atoms with van der Waals surface area (Å²) < 4.78 is 11.7.